The Morgan fingerprint density at radius 1 is 1.29 bits per heavy atom. The molecule has 118 valence electrons. The Bertz CT molecular complexity index is 457. The standard InChI is InChI=1S/C17H27NO3/c1-13(2)10-17(3,19)12-18-11-14-6-4-7-15-16(14)21-9-5-8-20-15/h4,6-7,13,18-19H,5,8-12H2,1-3H3. The van der Waals surface area contributed by atoms with E-state index in [0.717, 1.165) is 29.9 Å². The molecule has 21 heavy (non-hydrogen) atoms. The number of aliphatic hydroxyl groups is 1. The van der Waals surface area contributed by atoms with Gasteiger partial charge in [0.25, 0.3) is 0 Å². The fraction of sp³-hybridized carbons (Fsp3) is 0.647. The fourth-order valence-corrected chi connectivity index (χ4v) is 2.81. The molecule has 1 aliphatic heterocycles. The molecule has 0 amide bonds. The van der Waals surface area contributed by atoms with Crippen molar-refractivity contribution in [1.82, 2.24) is 5.32 Å². The predicted molar refractivity (Wildman–Crippen MR) is 83.8 cm³/mol. The summed E-state index contributed by atoms with van der Waals surface area (Å²) in [5, 5.41) is 13.7. The first-order valence-electron chi connectivity index (χ1n) is 7.78. The third-order valence-corrected chi connectivity index (χ3v) is 3.52. The molecule has 1 heterocycles. The Balaban J connectivity index is 1.95. The van der Waals surface area contributed by atoms with Crippen molar-refractivity contribution in [2.24, 2.45) is 5.92 Å². The van der Waals surface area contributed by atoms with E-state index in [9.17, 15) is 5.11 Å². The zero-order chi connectivity index (χ0) is 15.3. The Kier molecular flexibility index (Phi) is 5.48. The lowest BCUT2D eigenvalue weighted by molar-refractivity contribution is 0.0383. The zero-order valence-electron chi connectivity index (χ0n) is 13.3. The van der Waals surface area contributed by atoms with E-state index < -0.39 is 5.60 Å². The third-order valence-electron chi connectivity index (χ3n) is 3.52. The van der Waals surface area contributed by atoms with Gasteiger partial charge in [-0.3, -0.25) is 0 Å². The molecule has 0 aliphatic carbocycles. The Hall–Kier alpha value is -1.26. The SMILES string of the molecule is CC(C)CC(C)(O)CNCc1cccc2c1OCCCO2. The number of para-hydroxylation sites is 1. The van der Waals surface area contributed by atoms with Crippen LogP contribution < -0.4 is 14.8 Å². The number of fused-ring (bicyclic) bond motifs is 1. The summed E-state index contributed by atoms with van der Waals surface area (Å²) in [7, 11) is 0. The van der Waals surface area contributed by atoms with Crippen LogP contribution in [0.5, 0.6) is 11.5 Å². The van der Waals surface area contributed by atoms with Crippen LogP contribution in [0.4, 0.5) is 0 Å². The van der Waals surface area contributed by atoms with Crippen molar-refractivity contribution < 1.29 is 14.6 Å². The molecule has 4 nitrogen and oxygen atoms in total. The van der Waals surface area contributed by atoms with E-state index in [1.54, 1.807) is 0 Å². The largest absolute Gasteiger partial charge is 0.490 e. The molecule has 1 aliphatic rings. The molecule has 2 N–H and O–H groups in total. The second kappa shape index (κ2) is 7.14. The van der Waals surface area contributed by atoms with Crippen LogP contribution in [0.25, 0.3) is 0 Å². The van der Waals surface area contributed by atoms with Crippen LogP contribution in [0.2, 0.25) is 0 Å². The van der Waals surface area contributed by atoms with Crippen molar-refractivity contribution in [3.8, 4) is 11.5 Å². The number of benzene rings is 1. The highest BCUT2D eigenvalue weighted by molar-refractivity contribution is 5.47. The molecule has 1 unspecified atom stereocenters. The Morgan fingerprint density at radius 3 is 2.81 bits per heavy atom. The molecule has 4 heteroatoms. The van der Waals surface area contributed by atoms with Gasteiger partial charge in [-0.05, 0) is 25.3 Å². The van der Waals surface area contributed by atoms with Gasteiger partial charge in [-0.2, -0.15) is 0 Å². The maximum atomic E-state index is 10.3. The minimum Gasteiger partial charge on any atom is -0.490 e. The summed E-state index contributed by atoms with van der Waals surface area (Å²) in [5.41, 5.74) is 0.395. The van der Waals surface area contributed by atoms with E-state index in [4.69, 9.17) is 9.47 Å². The van der Waals surface area contributed by atoms with Crippen molar-refractivity contribution in [2.75, 3.05) is 19.8 Å². The van der Waals surface area contributed by atoms with E-state index in [1.807, 2.05) is 25.1 Å². The topological polar surface area (TPSA) is 50.7 Å². The average Bonchev–Trinajstić information content (AvgIpc) is 2.62. The highest BCUT2D eigenvalue weighted by atomic mass is 16.5. The van der Waals surface area contributed by atoms with Gasteiger partial charge in [-0.15, -0.1) is 0 Å². The number of ether oxygens (including phenoxy) is 2. The summed E-state index contributed by atoms with van der Waals surface area (Å²) in [6, 6.07) is 5.97. The molecule has 0 saturated heterocycles. The summed E-state index contributed by atoms with van der Waals surface area (Å²) < 4.78 is 11.5. The molecule has 1 aromatic carbocycles. The van der Waals surface area contributed by atoms with Gasteiger partial charge >= 0.3 is 0 Å². The molecule has 0 bridgehead atoms. The van der Waals surface area contributed by atoms with Crippen LogP contribution in [0.1, 0.15) is 39.2 Å². The molecule has 0 aromatic heterocycles. The fourth-order valence-electron chi connectivity index (χ4n) is 2.81. The lowest BCUT2D eigenvalue weighted by atomic mass is 9.94. The summed E-state index contributed by atoms with van der Waals surface area (Å²) in [6.45, 7) is 8.75. The first-order valence-corrected chi connectivity index (χ1v) is 7.78. The number of hydrogen-bond acceptors (Lipinski definition) is 4. The summed E-state index contributed by atoms with van der Waals surface area (Å²) in [6.07, 6.45) is 1.69. The highest BCUT2D eigenvalue weighted by Crippen LogP contribution is 2.33. The predicted octanol–water partition coefficient (Wildman–Crippen LogP) is 2.73. The van der Waals surface area contributed by atoms with Gasteiger partial charge in [0.2, 0.25) is 0 Å². The zero-order valence-corrected chi connectivity index (χ0v) is 13.3. The minimum atomic E-state index is -0.683. The van der Waals surface area contributed by atoms with E-state index in [2.05, 4.69) is 19.2 Å². The number of hydrogen-bond donors (Lipinski definition) is 2. The van der Waals surface area contributed by atoms with Gasteiger partial charge in [-0.25, -0.2) is 0 Å². The summed E-state index contributed by atoms with van der Waals surface area (Å²) >= 11 is 0. The first-order chi connectivity index (χ1) is 9.98. The molecule has 1 atom stereocenters. The molecule has 2 rings (SSSR count). The van der Waals surface area contributed by atoms with Crippen LogP contribution in [-0.4, -0.2) is 30.5 Å². The number of nitrogens with one attached hydrogen (secondary N) is 1. The monoisotopic (exact) mass is 293 g/mol. The molecule has 0 saturated carbocycles. The molecular formula is C17H27NO3. The van der Waals surface area contributed by atoms with Crippen LogP contribution in [0.3, 0.4) is 0 Å². The number of rotatable bonds is 6. The molecule has 0 spiro atoms. The van der Waals surface area contributed by atoms with Crippen molar-refractivity contribution >= 4 is 0 Å². The van der Waals surface area contributed by atoms with E-state index in [0.29, 0.717) is 32.2 Å². The smallest absolute Gasteiger partial charge is 0.165 e. The Labute approximate surface area is 127 Å². The second-order valence-electron chi connectivity index (χ2n) is 6.49. The minimum absolute atomic E-state index is 0.478. The van der Waals surface area contributed by atoms with Crippen molar-refractivity contribution in [3.05, 3.63) is 23.8 Å². The van der Waals surface area contributed by atoms with E-state index >= 15 is 0 Å². The van der Waals surface area contributed by atoms with Gasteiger partial charge in [0.1, 0.15) is 0 Å². The third kappa shape index (κ3) is 4.90. The van der Waals surface area contributed by atoms with Crippen molar-refractivity contribution in [3.63, 3.8) is 0 Å². The maximum absolute atomic E-state index is 10.3. The molecule has 0 fully saturated rings. The summed E-state index contributed by atoms with van der Waals surface area (Å²) in [4.78, 5) is 0. The Morgan fingerprint density at radius 2 is 2.05 bits per heavy atom. The van der Waals surface area contributed by atoms with Crippen LogP contribution >= 0.6 is 0 Å². The quantitative estimate of drug-likeness (QED) is 0.847. The van der Waals surface area contributed by atoms with Crippen LogP contribution in [-0.2, 0) is 6.54 Å². The van der Waals surface area contributed by atoms with Gasteiger partial charge in [0.05, 0.1) is 18.8 Å². The highest BCUT2D eigenvalue weighted by Gasteiger charge is 2.21. The average molecular weight is 293 g/mol. The second-order valence-corrected chi connectivity index (χ2v) is 6.49. The maximum Gasteiger partial charge on any atom is 0.165 e. The molecular weight excluding hydrogens is 266 g/mol. The van der Waals surface area contributed by atoms with Crippen molar-refractivity contribution in [2.45, 2.75) is 45.8 Å². The lowest BCUT2D eigenvalue weighted by Gasteiger charge is -2.26. The van der Waals surface area contributed by atoms with Gasteiger partial charge in [0.15, 0.2) is 11.5 Å². The van der Waals surface area contributed by atoms with Crippen molar-refractivity contribution in [1.29, 1.82) is 0 Å². The normalized spacial score (nSPS) is 17.4. The molecule has 1 aromatic rings. The summed E-state index contributed by atoms with van der Waals surface area (Å²) in [5.74, 6) is 2.14. The van der Waals surface area contributed by atoms with Gasteiger partial charge in [0, 0.05) is 25.1 Å². The van der Waals surface area contributed by atoms with Gasteiger partial charge in [-0.1, -0.05) is 26.0 Å². The molecule has 0 radical (unpaired) electrons. The first kappa shape index (κ1) is 16.1. The van der Waals surface area contributed by atoms with E-state index in [1.165, 1.54) is 0 Å². The lowest BCUT2D eigenvalue weighted by Crippen LogP contribution is -2.38. The van der Waals surface area contributed by atoms with Gasteiger partial charge < -0.3 is 19.9 Å². The van der Waals surface area contributed by atoms with Crippen LogP contribution in [0.15, 0.2) is 18.2 Å². The van der Waals surface area contributed by atoms with E-state index in [-0.39, 0.29) is 0 Å². The van der Waals surface area contributed by atoms with Crippen LogP contribution in [0, 0.1) is 5.92 Å².